The molecule has 36 heavy (non-hydrogen) atoms. The SMILES string of the molecule is Cc1ccc(C)c([C@H]2CC(c3ccc(F)cc3)=NN2C(=O)CN2CCC(Cc3ccccc3)CC2)c1. The number of rotatable bonds is 6. The number of hydrogen-bond acceptors (Lipinski definition) is 3. The van der Waals surface area contributed by atoms with Crippen molar-refractivity contribution in [2.45, 2.75) is 45.6 Å². The summed E-state index contributed by atoms with van der Waals surface area (Å²) in [6, 6.07) is 23.3. The Hall–Kier alpha value is -3.31. The molecule has 186 valence electrons. The van der Waals surface area contributed by atoms with Crippen LogP contribution in [0.15, 0.2) is 77.9 Å². The number of hydrogen-bond donors (Lipinski definition) is 0. The Balaban J connectivity index is 1.29. The van der Waals surface area contributed by atoms with Crippen LogP contribution < -0.4 is 0 Å². The van der Waals surface area contributed by atoms with Crippen LogP contribution in [0.5, 0.6) is 0 Å². The fraction of sp³-hybridized carbons (Fsp3) is 0.355. The van der Waals surface area contributed by atoms with Gasteiger partial charge < -0.3 is 0 Å². The first-order valence-electron chi connectivity index (χ1n) is 12.9. The van der Waals surface area contributed by atoms with Crippen LogP contribution in [0.1, 0.15) is 53.1 Å². The second-order valence-corrected chi connectivity index (χ2v) is 10.3. The van der Waals surface area contributed by atoms with E-state index in [-0.39, 0.29) is 17.8 Å². The first kappa shape index (κ1) is 24.4. The van der Waals surface area contributed by atoms with Crippen molar-refractivity contribution in [2.24, 2.45) is 11.0 Å². The summed E-state index contributed by atoms with van der Waals surface area (Å²) in [5, 5.41) is 6.50. The molecular formula is C31H34FN3O. The lowest BCUT2D eigenvalue weighted by Crippen LogP contribution is -2.42. The molecule has 0 saturated carbocycles. The maximum absolute atomic E-state index is 13.6. The molecule has 5 rings (SSSR count). The first-order chi connectivity index (χ1) is 17.5. The Morgan fingerprint density at radius 3 is 2.42 bits per heavy atom. The van der Waals surface area contributed by atoms with Gasteiger partial charge in [-0.25, -0.2) is 9.40 Å². The van der Waals surface area contributed by atoms with Crippen molar-refractivity contribution in [1.29, 1.82) is 0 Å². The Labute approximate surface area is 213 Å². The molecule has 0 radical (unpaired) electrons. The fourth-order valence-corrected chi connectivity index (χ4v) is 5.48. The van der Waals surface area contributed by atoms with E-state index in [1.807, 2.05) is 0 Å². The highest BCUT2D eigenvalue weighted by atomic mass is 19.1. The predicted molar refractivity (Wildman–Crippen MR) is 142 cm³/mol. The number of carbonyl (C=O) groups excluding carboxylic acids is 1. The number of halogens is 1. The minimum Gasteiger partial charge on any atom is -0.294 e. The molecule has 2 aliphatic heterocycles. The quantitative estimate of drug-likeness (QED) is 0.426. The van der Waals surface area contributed by atoms with Crippen LogP contribution in [0.25, 0.3) is 0 Å². The van der Waals surface area contributed by atoms with E-state index in [9.17, 15) is 9.18 Å². The van der Waals surface area contributed by atoms with Crippen molar-refractivity contribution in [3.8, 4) is 0 Å². The summed E-state index contributed by atoms with van der Waals surface area (Å²) in [5.41, 5.74) is 6.54. The third kappa shape index (κ3) is 5.57. The lowest BCUT2D eigenvalue weighted by atomic mass is 9.90. The number of carbonyl (C=O) groups is 1. The normalized spacial score (nSPS) is 18.9. The van der Waals surface area contributed by atoms with Crippen molar-refractivity contribution < 1.29 is 9.18 Å². The summed E-state index contributed by atoms with van der Waals surface area (Å²) < 4.78 is 13.5. The van der Waals surface area contributed by atoms with Gasteiger partial charge in [-0.05, 0) is 86.5 Å². The molecule has 0 unspecified atom stereocenters. The van der Waals surface area contributed by atoms with Gasteiger partial charge in [0.15, 0.2) is 0 Å². The zero-order chi connectivity index (χ0) is 25.1. The number of amides is 1. The molecule has 0 aliphatic carbocycles. The standard InChI is InChI=1S/C31H34FN3O/c1-22-8-9-23(2)28(18-22)30-20-29(26-10-12-27(32)13-11-26)33-35(30)31(36)21-34-16-14-25(15-17-34)19-24-6-4-3-5-7-24/h3-13,18,25,30H,14-17,19-21H2,1-2H3/t30-/m1/s1. The van der Waals surface area contributed by atoms with Gasteiger partial charge in [0.1, 0.15) is 5.82 Å². The van der Waals surface area contributed by atoms with Crippen LogP contribution in [-0.4, -0.2) is 41.2 Å². The van der Waals surface area contributed by atoms with Gasteiger partial charge in [-0.2, -0.15) is 5.10 Å². The van der Waals surface area contributed by atoms with E-state index in [0.717, 1.165) is 54.8 Å². The number of aryl methyl sites for hydroxylation is 2. The van der Waals surface area contributed by atoms with Crippen LogP contribution in [0, 0.1) is 25.6 Å². The minimum atomic E-state index is -0.271. The van der Waals surface area contributed by atoms with Crippen LogP contribution in [0.3, 0.4) is 0 Å². The zero-order valence-corrected chi connectivity index (χ0v) is 21.2. The van der Waals surface area contributed by atoms with Gasteiger partial charge in [0, 0.05) is 6.42 Å². The highest BCUT2D eigenvalue weighted by Gasteiger charge is 2.35. The number of likely N-dealkylation sites (tertiary alicyclic amines) is 1. The van der Waals surface area contributed by atoms with E-state index in [4.69, 9.17) is 5.10 Å². The van der Waals surface area contributed by atoms with E-state index >= 15 is 0 Å². The number of hydrazone groups is 1. The van der Waals surface area contributed by atoms with Gasteiger partial charge in [0.25, 0.3) is 5.91 Å². The van der Waals surface area contributed by atoms with E-state index in [2.05, 4.69) is 67.3 Å². The number of piperidine rings is 1. The largest absolute Gasteiger partial charge is 0.294 e. The second-order valence-electron chi connectivity index (χ2n) is 10.3. The molecule has 5 heteroatoms. The molecule has 2 heterocycles. The second kappa shape index (κ2) is 10.8. The van der Waals surface area contributed by atoms with Crippen molar-refractivity contribution >= 4 is 11.6 Å². The lowest BCUT2D eigenvalue weighted by molar-refractivity contribution is -0.134. The summed E-state index contributed by atoms with van der Waals surface area (Å²) in [6.45, 7) is 6.40. The minimum absolute atomic E-state index is 0.0273. The molecule has 4 nitrogen and oxygen atoms in total. The fourth-order valence-electron chi connectivity index (χ4n) is 5.48. The molecule has 0 bridgehead atoms. The highest BCUT2D eigenvalue weighted by Crippen LogP contribution is 2.35. The van der Waals surface area contributed by atoms with E-state index in [0.29, 0.717) is 18.9 Å². The van der Waals surface area contributed by atoms with Gasteiger partial charge in [-0.3, -0.25) is 9.69 Å². The number of nitrogens with zero attached hydrogens (tertiary/aromatic N) is 3. The Morgan fingerprint density at radius 2 is 1.69 bits per heavy atom. The lowest BCUT2D eigenvalue weighted by Gasteiger charge is -2.33. The predicted octanol–water partition coefficient (Wildman–Crippen LogP) is 6.07. The Morgan fingerprint density at radius 1 is 0.972 bits per heavy atom. The summed E-state index contributed by atoms with van der Waals surface area (Å²) in [7, 11) is 0. The topological polar surface area (TPSA) is 35.9 Å². The van der Waals surface area contributed by atoms with Crippen molar-refractivity contribution in [3.05, 3.63) is 106 Å². The number of benzene rings is 3. The summed E-state index contributed by atoms with van der Waals surface area (Å²) in [4.78, 5) is 15.9. The molecule has 3 aromatic carbocycles. The van der Waals surface area contributed by atoms with Crippen LogP contribution in [0.4, 0.5) is 4.39 Å². The molecule has 1 atom stereocenters. The molecule has 2 aliphatic rings. The summed E-state index contributed by atoms with van der Waals surface area (Å²) in [6.07, 6.45) is 3.94. The van der Waals surface area contributed by atoms with Crippen LogP contribution in [0.2, 0.25) is 0 Å². The highest BCUT2D eigenvalue weighted by molar-refractivity contribution is 6.03. The van der Waals surface area contributed by atoms with Crippen molar-refractivity contribution in [3.63, 3.8) is 0 Å². The van der Waals surface area contributed by atoms with E-state index in [1.54, 1.807) is 17.1 Å². The Bertz CT molecular complexity index is 1230. The Kier molecular flexibility index (Phi) is 7.28. The smallest absolute Gasteiger partial charge is 0.257 e. The molecule has 1 saturated heterocycles. The third-order valence-corrected chi connectivity index (χ3v) is 7.57. The zero-order valence-electron chi connectivity index (χ0n) is 21.2. The van der Waals surface area contributed by atoms with Gasteiger partial charge in [-0.15, -0.1) is 0 Å². The molecule has 3 aromatic rings. The average molecular weight is 484 g/mol. The van der Waals surface area contributed by atoms with Gasteiger partial charge in [0.2, 0.25) is 0 Å². The van der Waals surface area contributed by atoms with E-state index in [1.165, 1.54) is 23.3 Å². The van der Waals surface area contributed by atoms with Gasteiger partial charge in [-0.1, -0.05) is 66.2 Å². The van der Waals surface area contributed by atoms with E-state index < -0.39 is 0 Å². The van der Waals surface area contributed by atoms with Crippen LogP contribution in [-0.2, 0) is 11.2 Å². The third-order valence-electron chi connectivity index (χ3n) is 7.57. The maximum Gasteiger partial charge on any atom is 0.257 e. The van der Waals surface area contributed by atoms with Crippen LogP contribution >= 0.6 is 0 Å². The van der Waals surface area contributed by atoms with Crippen molar-refractivity contribution in [1.82, 2.24) is 9.91 Å². The molecule has 0 N–H and O–H groups in total. The average Bonchev–Trinajstić information content (AvgIpc) is 3.33. The molecule has 1 fully saturated rings. The molecule has 1 amide bonds. The first-order valence-corrected chi connectivity index (χ1v) is 12.9. The molecular weight excluding hydrogens is 449 g/mol. The monoisotopic (exact) mass is 483 g/mol. The van der Waals surface area contributed by atoms with Gasteiger partial charge in [0.05, 0.1) is 18.3 Å². The summed E-state index contributed by atoms with van der Waals surface area (Å²) in [5.74, 6) is 0.419. The van der Waals surface area contributed by atoms with Crippen molar-refractivity contribution in [2.75, 3.05) is 19.6 Å². The summed E-state index contributed by atoms with van der Waals surface area (Å²) >= 11 is 0. The molecule has 0 aromatic heterocycles. The molecule has 0 spiro atoms. The van der Waals surface area contributed by atoms with Gasteiger partial charge >= 0.3 is 0 Å². The maximum atomic E-state index is 13.6.